The number of ether oxygens (including phenoxy) is 3. The van der Waals surface area contributed by atoms with Gasteiger partial charge < -0.3 is 29.7 Å². The highest BCUT2D eigenvalue weighted by atomic mass is 16.5. The fourth-order valence-corrected chi connectivity index (χ4v) is 6.86. The van der Waals surface area contributed by atoms with Crippen molar-refractivity contribution in [2.24, 2.45) is 11.8 Å². The van der Waals surface area contributed by atoms with Crippen LogP contribution in [0, 0.1) is 11.8 Å². The van der Waals surface area contributed by atoms with Gasteiger partial charge in [0, 0.05) is 24.3 Å². The van der Waals surface area contributed by atoms with Crippen LogP contribution in [0.1, 0.15) is 37.7 Å². The highest BCUT2D eigenvalue weighted by molar-refractivity contribution is 6.02. The Kier molecular flexibility index (Phi) is 7.00. The van der Waals surface area contributed by atoms with Crippen molar-refractivity contribution in [1.82, 2.24) is 10.2 Å². The first kappa shape index (κ1) is 26.4. The number of nitrogens with zero attached hydrogens (tertiary/aromatic N) is 1. The minimum absolute atomic E-state index is 0.0696. The summed E-state index contributed by atoms with van der Waals surface area (Å²) in [7, 11) is 3.15. The molecule has 9 heteroatoms. The molecule has 1 spiro atoms. The van der Waals surface area contributed by atoms with Gasteiger partial charge in [0.1, 0.15) is 23.1 Å². The molecule has 2 N–H and O–H groups in total. The van der Waals surface area contributed by atoms with Crippen molar-refractivity contribution >= 4 is 23.4 Å². The van der Waals surface area contributed by atoms with E-state index >= 15 is 0 Å². The highest BCUT2D eigenvalue weighted by Crippen LogP contribution is 2.55. The second-order valence-corrected chi connectivity index (χ2v) is 11.1. The van der Waals surface area contributed by atoms with Gasteiger partial charge in [0.05, 0.1) is 32.2 Å². The average molecular weight is 546 g/mol. The fourth-order valence-electron chi connectivity index (χ4n) is 6.86. The predicted octanol–water partition coefficient (Wildman–Crippen LogP) is 3.44. The second-order valence-electron chi connectivity index (χ2n) is 11.1. The van der Waals surface area contributed by atoms with Crippen LogP contribution >= 0.6 is 0 Å². The predicted molar refractivity (Wildman–Crippen MR) is 148 cm³/mol. The van der Waals surface area contributed by atoms with E-state index in [-0.39, 0.29) is 30.3 Å². The van der Waals surface area contributed by atoms with E-state index in [4.69, 9.17) is 14.2 Å². The number of anilines is 1. The van der Waals surface area contributed by atoms with E-state index in [0.717, 1.165) is 31.2 Å². The number of rotatable bonds is 8. The molecule has 6 rings (SSSR count). The summed E-state index contributed by atoms with van der Waals surface area (Å²) in [5.41, 5.74) is 0.182. The number of hydrogen-bond donors (Lipinski definition) is 2. The van der Waals surface area contributed by atoms with E-state index in [1.165, 1.54) is 6.42 Å². The van der Waals surface area contributed by atoms with Crippen molar-refractivity contribution in [3.05, 3.63) is 66.2 Å². The van der Waals surface area contributed by atoms with Gasteiger partial charge in [0.2, 0.25) is 17.7 Å². The lowest BCUT2D eigenvalue weighted by atomic mass is 9.74. The van der Waals surface area contributed by atoms with Crippen LogP contribution in [0.4, 0.5) is 5.69 Å². The lowest BCUT2D eigenvalue weighted by Gasteiger charge is -2.34. The molecule has 9 nitrogen and oxygen atoms in total. The number of amides is 3. The van der Waals surface area contributed by atoms with Crippen molar-refractivity contribution in [2.45, 2.75) is 62.4 Å². The van der Waals surface area contributed by atoms with E-state index in [1.54, 1.807) is 43.4 Å². The molecule has 2 aromatic carbocycles. The van der Waals surface area contributed by atoms with Crippen LogP contribution < -0.4 is 20.1 Å². The number of likely N-dealkylation sites (tertiary alicyclic amines) is 1. The number of carbonyl (C=O) groups excluding carboxylic acids is 3. The van der Waals surface area contributed by atoms with Crippen LogP contribution in [-0.2, 0) is 25.7 Å². The van der Waals surface area contributed by atoms with E-state index in [1.807, 2.05) is 36.4 Å². The third-order valence-electron chi connectivity index (χ3n) is 8.70. The molecule has 0 radical (unpaired) electrons. The Morgan fingerprint density at radius 1 is 1.00 bits per heavy atom. The molecule has 2 saturated heterocycles. The molecular weight excluding hydrogens is 510 g/mol. The Balaban J connectivity index is 1.32. The Labute approximate surface area is 233 Å². The van der Waals surface area contributed by atoms with Crippen LogP contribution in [0.2, 0.25) is 0 Å². The molecule has 3 fully saturated rings. The first-order chi connectivity index (χ1) is 19.4. The zero-order chi connectivity index (χ0) is 27.9. The summed E-state index contributed by atoms with van der Waals surface area (Å²) in [5.74, 6) is -1.13. The van der Waals surface area contributed by atoms with Crippen LogP contribution in [0.3, 0.4) is 0 Å². The van der Waals surface area contributed by atoms with Gasteiger partial charge in [-0.25, -0.2) is 0 Å². The van der Waals surface area contributed by atoms with Crippen LogP contribution in [0.15, 0.2) is 60.7 Å². The minimum atomic E-state index is -1.21. The molecule has 40 heavy (non-hydrogen) atoms. The first-order valence-corrected chi connectivity index (χ1v) is 14.0. The van der Waals surface area contributed by atoms with Crippen molar-refractivity contribution < 1.29 is 28.6 Å². The maximum atomic E-state index is 14.2. The number of nitrogens with one attached hydrogen (secondary N) is 2. The van der Waals surface area contributed by atoms with Gasteiger partial charge >= 0.3 is 0 Å². The summed E-state index contributed by atoms with van der Waals surface area (Å²) in [5, 5.41) is 6.16. The van der Waals surface area contributed by atoms with Crippen LogP contribution in [0.25, 0.3) is 0 Å². The Morgan fingerprint density at radius 2 is 1.73 bits per heavy atom. The molecule has 0 aromatic heterocycles. The van der Waals surface area contributed by atoms with Crippen molar-refractivity contribution in [3.63, 3.8) is 0 Å². The normalized spacial score (nSPS) is 28.9. The van der Waals surface area contributed by atoms with Crippen molar-refractivity contribution in [3.8, 4) is 11.5 Å². The van der Waals surface area contributed by atoms with Gasteiger partial charge in [0.15, 0.2) is 0 Å². The van der Waals surface area contributed by atoms with Crippen LogP contribution in [-0.4, -0.2) is 60.6 Å². The van der Waals surface area contributed by atoms with E-state index in [2.05, 4.69) is 10.6 Å². The quantitative estimate of drug-likeness (QED) is 0.493. The zero-order valence-electron chi connectivity index (χ0n) is 22.8. The monoisotopic (exact) mass is 545 g/mol. The van der Waals surface area contributed by atoms with Gasteiger partial charge in [0.25, 0.3) is 0 Å². The molecule has 3 aliphatic heterocycles. The molecule has 1 aliphatic carbocycles. The maximum Gasteiger partial charge on any atom is 0.246 e. The average Bonchev–Trinajstić information content (AvgIpc) is 3.61. The molecule has 1 saturated carbocycles. The van der Waals surface area contributed by atoms with Crippen molar-refractivity contribution in [1.29, 1.82) is 0 Å². The molecule has 4 aliphatic rings. The third-order valence-corrected chi connectivity index (χ3v) is 8.70. The van der Waals surface area contributed by atoms with E-state index in [9.17, 15) is 14.4 Å². The molecule has 3 amide bonds. The summed E-state index contributed by atoms with van der Waals surface area (Å²) >= 11 is 0. The standard InChI is InChI=1S/C31H35N3O6/c1-38-22-12-6-8-19(16-22)18-34-27(29(36)32-20-9-4-3-5-10-20)31-15-14-24(40-31)25(26(31)30(34)37)28(35)33-21-11-7-13-23(17-21)39-2/h6-8,11-17,20,24-27H,3-5,9-10,18H2,1-2H3,(H,32,36)(H,33,35). The molecule has 5 unspecified atom stereocenters. The highest BCUT2D eigenvalue weighted by Gasteiger charge is 2.72. The molecule has 2 aromatic rings. The van der Waals surface area contributed by atoms with Gasteiger partial charge in [-0.15, -0.1) is 0 Å². The van der Waals surface area contributed by atoms with Crippen LogP contribution in [0.5, 0.6) is 11.5 Å². The summed E-state index contributed by atoms with van der Waals surface area (Å²) in [6, 6.07) is 13.7. The number of hydrogen-bond acceptors (Lipinski definition) is 6. The third kappa shape index (κ3) is 4.52. The Morgan fingerprint density at radius 3 is 2.48 bits per heavy atom. The van der Waals surface area contributed by atoms with Gasteiger partial charge in [-0.05, 0) is 42.7 Å². The summed E-state index contributed by atoms with van der Waals surface area (Å²) in [6.45, 7) is 0.198. The summed E-state index contributed by atoms with van der Waals surface area (Å²) in [4.78, 5) is 43.5. The first-order valence-electron chi connectivity index (χ1n) is 14.0. The van der Waals surface area contributed by atoms with Crippen molar-refractivity contribution in [2.75, 3.05) is 19.5 Å². The summed E-state index contributed by atoms with van der Waals surface area (Å²) < 4.78 is 17.1. The number of fused-ring (bicyclic) bond motifs is 1. The number of methoxy groups -OCH3 is 2. The Bertz CT molecular complexity index is 1340. The molecule has 2 bridgehead atoms. The topological polar surface area (TPSA) is 106 Å². The second kappa shape index (κ2) is 10.6. The maximum absolute atomic E-state index is 14.2. The number of benzene rings is 2. The molecule has 3 heterocycles. The SMILES string of the molecule is COc1cccc(CN2C(=O)C3C(C(=O)Nc4cccc(OC)c4)C4C=CC3(O4)C2C(=O)NC2CCCCC2)c1. The largest absolute Gasteiger partial charge is 0.497 e. The minimum Gasteiger partial charge on any atom is -0.497 e. The lowest BCUT2D eigenvalue weighted by Crippen LogP contribution is -2.56. The van der Waals surface area contributed by atoms with Gasteiger partial charge in [-0.2, -0.15) is 0 Å². The summed E-state index contributed by atoms with van der Waals surface area (Å²) in [6.07, 6.45) is 8.22. The van der Waals surface area contributed by atoms with Gasteiger partial charge in [-0.3, -0.25) is 14.4 Å². The molecule has 5 atom stereocenters. The molecular formula is C31H35N3O6. The lowest BCUT2D eigenvalue weighted by molar-refractivity contribution is -0.142. The van der Waals surface area contributed by atoms with E-state index < -0.39 is 29.6 Å². The Hall–Kier alpha value is -3.85. The number of carbonyl (C=O) groups is 3. The van der Waals surface area contributed by atoms with E-state index in [0.29, 0.717) is 17.2 Å². The van der Waals surface area contributed by atoms with Gasteiger partial charge in [-0.1, -0.05) is 49.6 Å². The smallest absolute Gasteiger partial charge is 0.246 e. The fraction of sp³-hybridized carbons (Fsp3) is 0.452. The molecule has 210 valence electrons. The zero-order valence-corrected chi connectivity index (χ0v) is 22.8.